The first kappa shape index (κ1) is 14.8. The van der Waals surface area contributed by atoms with Crippen molar-refractivity contribution in [2.45, 2.75) is 39.3 Å². The Morgan fingerprint density at radius 3 is 2.56 bits per heavy atom. The highest BCUT2D eigenvalue weighted by Gasteiger charge is 2.17. The van der Waals surface area contributed by atoms with Crippen molar-refractivity contribution in [3.05, 3.63) is 22.4 Å². The van der Waals surface area contributed by atoms with E-state index in [2.05, 4.69) is 21.2 Å². The lowest BCUT2D eigenvalue weighted by atomic mass is 10.2. The molecule has 0 saturated carbocycles. The zero-order valence-electron chi connectivity index (χ0n) is 10.7. The number of halogens is 1. The molecule has 0 radical (unpaired) electrons. The van der Waals surface area contributed by atoms with Gasteiger partial charge in [0.2, 0.25) is 5.91 Å². The molecule has 1 heterocycles. The van der Waals surface area contributed by atoms with Gasteiger partial charge in [0, 0.05) is 29.2 Å². The molecule has 18 heavy (non-hydrogen) atoms. The van der Waals surface area contributed by atoms with E-state index in [4.69, 9.17) is 5.73 Å². The van der Waals surface area contributed by atoms with Crippen LogP contribution in [0.2, 0.25) is 0 Å². The maximum atomic E-state index is 12.1. The van der Waals surface area contributed by atoms with Gasteiger partial charge in [-0.2, -0.15) is 0 Å². The van der Waals surface area contributed by atoms with E-state index >= 15 is 0 Å². The normalized spacial score (nSPS) is 12.5. The Balaban J connectivity index is 2.81. The number of aromatic nitrogens is 1. The van der Waals surface area contributed by atoms with E-state index in [9.17, 15) is 9.59 Å². The summed E-state index contributed by atoms with van der Waals surface area (Å²) in [4.78, 5) is 22.8. The van der Waals surface area contributed by atoms with Crippen molar-refractivity contribution < 1.29 is 9.59 Å². The summed E-state index contributed by atoms with van der Waals surface area (Å²) in [6.45, 7) is 5.74. The van der Waals surface area contributed by atoms with Crippen LogP contribution in [0.15, 0.2) is 16.7 Å². The quantitative estimate of drug-likeness (QED) is 0.869. The monoisotopic (exact) mass is 315 g/mol. The third kappa shape index (κ3) is 3.87. The van der Waals surface area contributed by atoms with Crippen molar-refractivity contribution in [2.75, 3.05) is 0 Å². The minimum atomic E-state index is -0.428. The number of primary amides is 1. The lowest BCUT2D eigenvalue weighted by Gasteiger charge is -2.15. The summed E-state index contributed by atoms with van der Waals surface area (Å²) in [5.74, 6) is -0.633. The van der Waals surface area contributed by atoms with Gasteiger partial charge < -0.3 is 15.6 Å². The molecule has 0 aliphatic rings. The molecule has 5 nitrogen and oxygen atoms in total. The lowest BCUT2D eigenvalue weighted by molar-refractivity contribution is -0.118. The molecule has 1 rings (SSSR count). The molecule has 6 heteroatoms. The molecule has 3 N–H and O–H groups in total. The predicted molar refractivity (Wildman–Crippen MR) is 73.3 cm³/mol. The molecule has 100 valence electrons. The Bertz CT molecular complexity index is 454. The van der Waals surface area contributed by atoms with Crippen molar-refractivity contribution in [3.8, 4) is 0 Å². The molecule has 0 aliphatic heterocycles. The van der Waals surface area contributed by atoms with Crippen LogP contribution in [0.1, 0.15) is 43.7 Å². The number of nitrogens with one attached hydrogen (secondary N) is 1. The van der Waals surface area contributed by atoms with Crippen molar-refractivity contribution in [1.29, 1.82) is 0 Å². The maximum absolute atomic E-state index is 12.1. The molecular weight excluding hydrogens is 298 g/mol. The Kier molecular flexibility index (Phi) is 4.95. The largest absolute Gasteiger partial charge is 0.370 e. The average molecular weight is 316 g/mol. The summed E-state index contributed by atoms with van der Waals surface area (Å²) in [6.07, 6.45) is 1.99. The number of nitrogens with two attached hydrogens (primary N) is 1. The van der Waals surface area contributed by atoms with Crippen LogP contribution in [0.25, 0.3) is 0 Å². The molecule has 1 aromatic rings. The summed E-state index contributed by atoms with van der Waals surface area (Å²) in [6, 6.07) is 1.67. The van der Waals surface area contributed by atoms with Crippen LogP contribution in [0.3, 0.4) is 0 Å². The number of nitrogens with zero attached hydrogens (tertiary/aromatic N) is 1. The first-order chi connectivity index (χ1) is 8.31. The van der Waals surface area contributed by atoms with Crippen molar-refractivity contribution in [3.63, 3.8) is 0 Å². The zero-order valence-corrected chi connectivity index (χ0v) is 12.3. The number of carbonyl (C=O) groups is 2. The minimum absolute atomic E-state index is 0.134. The van der Waals surface area contributed by atoms with Gasteiger partial charge in [-0.3, -0.25) is 9.59 Å². The van der Waals surface area contributed by atoms with Crippen LogP contribution in [0, 0.1) is 0 Å². The molecule has 2 amide bonds. The third-order valence-corrected chi connectivity index (χ3v) is 2.92. The molecule has 0 spiro atoms. The fourth-order valence-electron chi connectivity index (χ4n) is 1.71. The topological polar surface area (TPSA) is 77.1 Å². The first-order valence-corrected chi connectivity index (χ1v) is 6.57. The maximum Gasteiger partial charge on any atom is 0.268 e. The molecule has 1 unspecified atom stereocenters. The molecule has 0 aliphatic carbocycles. The van der Waals surface area contributed by atoms with Gasteiger partial charge in [-0.25, -0.2) is 0 Å². The summed E-state index contributed by atoms with van der Waals surface area (Å²) in [5.41, 5.74) is 5.65. The van der Waals surface area contributed by atoms with Gasteiger partial charge in [0.25, 0.3) is 5.91 Å². The average Bonchev–Trinajstić information content (AvgIpc) is 2.58. The predicted octanol–water partition coefficient (Wildman–Crippen LogP) is 1.83. The van der Waals surface area contributed by atoms with Gasteiger partial charge in [-0.05, 0) is 42.8 Å². The fraction of sp³-hybridized carbons (Fsp3) is 0.500. The second-order valence-corrected chi connectivity index (χ2v) is 5.51. The van der Waals surface area contributed by atoms with Crippen LogP contribution in [-0.4, -0.2) is 22.4 Å². The molecule has 1 aromatic heterocycles. The van der Waals surface area contributed by atoms with Crippen LogP contribution >= 0.6 is 15.9 Å². The number of carbonyl (C=O) groups excluding carboxylic acids is 2. The van der Waals surface area contributed by atoms with E-state index in [-0.39, 0.29) is 24.4 Å². The van der Waals surface area contributed by atoms with Crippen molar-refractivity contribution in [2.24, 2.45) is 5.73 Å². The Morgan fingerprint density at radius 2 is 2.06 bits per heavy atom. The minimum Gasteiger partial charge on any atom is -0.370 e. The SMILES string of the molecule is CC(CC(N)=O)NC(=O)c1cc(Br)cn1C(C)C. The highest BCUT2D eigenvalue weighted by molar-refractivity contribution is 9.10. The summed E-state index contributed by atoms with van der Waals surface area (Å²) >= 11 is 3.35. The Hall–Kier alpha value is -1.30. The highest BCUT2D eigenvalue weighted by atomic mass is 79.9. The summed E-state index contributed by atoms with van der Waals surface area (Å²) < 4.78 is 2.72. The smallest absolute Gasteiger partial charge is 0.268 e. The Morgan fingerprint density at radius 1 is 1.44 bits per heavy atom. The summed E-state index contributed by atoms with van der Waals surface area (Å²) in [7, 11) is 0. The number of hydrogen-bond donors (Lipinski definition) is 2. The molecule has 0 aromatic carbocycles. The van der Waals surface area contributed by atoms with Crippen LogP contribution in [0.5, 0.6) is 0 Å². The lowest BCUT2D eigenvalue weighted by Crippen LogP contribution is -2.36. The zero-order chi connectivity index (χ0) is 13.9. The molecule has 0 bridgehead atoms. The van der Waals surface area contributed by atoms with E-state index in [0.717, 1.165) is 4.47 Å². The number of amides is 2. The van der Waals surface area contributed by atoms with Gasteiger partial charge in [0.05, 0.1) is 0 Å². The van der Waals surface area contributed by atoms with E-state index in [1.807, 2.05) is 24.6 Å². The molecular formula is C12H18BrN3O2. The fourth-order valence-corrected chi connectivity index (χ4v) is 2.14. The molecule has 0 saturated heterocycles. The second kappa shape index (κ2) is 6.04. The van der Waals surface area contributed by atoms with E-state index < -0.39 is 5.91 Å². The van der Waals surface area contributed by atoms with Gasteiger partial charge in [-0.15, -0.1) is 0 Å². The van der Waals surface area contributed by atoms with Gasteiger partial charge in [0.1, 0.15) is 5.69 Å². The highest BCUT2D eigenvalue weighted by Crippen LogP contribution is 2.19. The van der Waals surface area contributed by atoms with E-state index in [0.29, 0.717) is 5.69 Å². The number of rotatable bonds is 5. The molecule has 1 atom stereocenters. The third-order valence-electron chi connectivity index (χ3n) is 2.49. The van der Waals surface area contributed by atoms with E-state index in [1.165, 1.54) is 0 Å². The van der Waals surface area contributed by atoms with Crippen LogP contribution in [-0.2, 0) is 4.79 Å². The number of hydrogen-bond acceptors (Lipinski definition) is 2. The van der Waals surface area contributed by atoms with Crippen LogP contribution in [0.4, 0.5) is 0 Å². The second-order valence-electron chi connectivity index (χ2n) is 4.59. The molecule has 0 fully saturated rings. The van der Waals surface area contributed by atoms with Crippen LogP contribution < -0.4 is 11.1 Å². The van der Waals surface area contributed by atoms with Crippen molar-refractivity contribution in [1.82, 2.24) is 9.88 Å². The standard InChI is InChI=1S/C12H18BrN3O2/c1-7(2)16-6-9(13)5-10(16)12(18)15-8(3)4-11(14)17/h5-8H,4H2,1-3H3,(H2,14,17)(H,15,18). The van der Waals surface area contributed by atoms with Gasteiger partial charge in [-0.1, -0.05) is 0 Å². The summed E-state index contributed by atoms with van der Waals surface area (Å²) in [5, 5.41) is 2.75. The van der Waals surface area contributed by atoms with E-state index in [1.54, 1.807) is 13.0 Å². The first-order valence-electron chi connectivity index (χ1n) is 5.77. The van der Waals surface area contributed by atoms with Gasteiger partial charge >= 0.3 is 0 Å². The van der Waals surface area contributed by atoms with Crippen molar-refractivity contribution >= 4 is 27.7 Å². The van der Waals surface area contributed by atoms with Gasteiger partial charge in [0.15, 0.2) is 0 Å². The Labute approximate surface area is 115 Å².